The smallest absolute Gasteiger partial charge is 0.250 e. The average Bonchev–Trinajstić information content (AvgIpc) is 3.19. The van der Waals surface area contributed by atoms with Crippen LogP contribution in [0.25, 0.3) is 0 Å². The van der Waals surface area contributed by atoms with Crippen molar-refractivity contribution in [2.75, 3.05) is 37.7 Å². The van der Waals surface area contributed by atoms with Crippen molar-refractivity contribution in [3.8, 4) is 0 Å². The van der Waals surface area contributed by atoms with Crippen molar-refractivity contribution < 1.29 is 18.0 Å². The maximum Gasteiger partial charge on any atom is 0.250 e. The predicted octanol–water partition coefficient (Wildman–Crippen LogP) is 3.87. The standard InChI is InChI=1S/C28H35ClN4O4S/c29-23-11-13-25(14-12-23)38(36,37)32-17-15-28(16-18-32)27(35)31(21-33(28)24-9-5-2-6-10-24)20-26(34)30-19-22-7-3-1-4-8-22/h2,5-6,9-14,22H,1,3-4,7-8,15-21H2,(H,30,34). The molecule has 0 atom stereocenters. The van der Waals surface area contributed by atoms with Crippen LogP contribution in [0.2, 0.25) is 5.02 Å². The van der Waals surface area contributed by atoms with E-state index in [1.54, 1.807) is 17.0 Å². The van der Waals surface area contributed by atoms with Gasteiger partial charge in [0.05, 0.1) is 11.6 Å². The minimum absolute atomic E-state index is 0.00340. The zero-order valence-corrected chi connectivity index (χ0v) is 23.1. The van der Waals surface area contributed by atoms with E-state index in [9.17, 15) is 18.0 Å². The van der Waals surface area contributed by atoms with Gasteiger partial charge in [0.15, 0.2) is 0 Å². The van der Waals surface area contributed by atoms with Gasteiger partial charge in [0.2, 0.25) is 21.8 Å². The third kappa shape index (κ3) is 5.42. The van der Waals surface area contributed by atoms with E-state index in [0.29, 0.717) is 37.0 Å². The van der Waals surface area contributed by atoms with E-state index in [-0.39, 0.29) is 36.3 Å². The fourth-order valence-corrected chi connectivity index (χ4v) is 7.62. The number of anilines is 1. The molecule has 0 unspecified atom stereocenters. The molecule has 2 amide bonds. The molecule has 2 aromatic carbocycles. The van der Waals surface area contributed by atoms with Crippen LogP contribution in [0.15, 0.2) is 59.5 Å². The molecule has 2 heterocycles. The Morgan fingerprint density at radius 1 is 0.974 bits per heavy atom. The van der Waals surface area contributed by atoms with Crippen LogP contribution < -0.4 is 10.2 Å². The number of piperidine rings is 1. The number of hydrogen-bond acceptors (Lipinski definition) is 5. The van der Waals surface area contributed by atoms with Gasteiger partial charge in [0, 0.05) is 30.3 Å². The van der Waals surface area contributed by atoms with Crippen molar-refractivity contribution >= 4 is 39.1 Å². The molecule has 2 aliphatic heterocycles. The summed E-state index contributed by atoms with van der Waals surface area (Å²) in [5.41, 5.74) is -0.00298. The number of halogens is 1. The van der Waals surface area contributed by atoms with Gasteiger partial charge in [-0.05, 0) is 68.0 Å². The van der Waals surface area contributed by atoms with Crippen LogP contribution in [0.3, 0.4) is 0 Å². The van der Waals surface area contributed by atoms with Crippen LogP contribution in [-0.4, -0.2) is 67.8 Å². The van der Waals surface area contributed by atoms with Crippen molar-refractivity contribution in [3.05, 3.63) is 59.6 Å². The Labute approximate surface area is 230 Å². The number of carbonyl (C=O) groups excluding carboxylic acids is 2. The summed E-state index contributed by atoms with van der Waals surface area (Å²) in [7, 11) is -3.71. The summed E-state index contributed by atoms with van der Waals surface area (Å²) in [6.45, 7) is 1.38. The topological polar surface area (TPSA) is 90.0 Å². The van der Waals surface area contributed by atoms with Crippen LogP contribution in [0.1, 0.15) is 44.9 Å². The highest BCUT2D eigenvalue weighted by atomic mass is 35.5. The van der Waals surface area contributed by atoms with E-state index in [1.807, 2.05) is 30.3 Å². The Balaban J connectivity index is 1.30. The third-order valence-corrected chi connectivity index (χ3v) is 10.4. The van der Waals surface area contributed by atoms with E-state index in [4.69, 9.17) is 11.6 Å². The highest BCUT2D eigenvalue weighted by molar-refractivity contribution is 7.89. The zero-order chi connectivity index (χ0) is 26.8. The Bertz CT molecular complexity index is 1240. The molecule has 1 spiro atoms. The van der Waals surface area contributed by atoms with E-state index < -0.39 is 15.6 Å². The quantitative estimate of drug-likeness (QED) is 0.557. The zero-order valence-electron chi connectivity index (χ0n) is 21.5. The van der Waals surface area contributed by atoms with Crippen LogP contribution in [0.4, 0.5) is 5.69 Å². The van der Waals surface area contributed by atoms with E-state index in [1.165, 1.54) is 35.7 Å². The fourth-order valence-electron chi connectivity index (χ4n) is 6.05. The normalized spacial score (nSPS) is 20.7. The highest BCUT2D eigenvalue weighted by Crippen LogP contribution is 2.40. The minimum atomic E-state index is -3.71. The number of nitrogens with one attached hydrogen (secondary N) is 1. The summed E-state index contributed by atoms with van der Waals surface area (Å²) >= 11 is 5.94. The second kappa shape index (κ2) is 11.2. The Kier molecular flexibility index (Phi) is 7.98. The summed E-state index contributed by atoms with van der Waals surface area (Å²) in [4.78, 5) is 30.6. The van der Waals surface area contributed by atoms with E-state index in [0.717, 1.165) is 18.5 Å². The minimum Gasteiger partial charge on any atom is -0.354 e. The van der Waals surface area contributed by atoms with E-state index in [2.05, 4.69) is 10.2 Å². The molecular formula is C28H35ClN4O4S. The number of amides is 2. The van der Waals surface area contributed by atoms with Crippen molar-refractivity contribution in [2.24, 2.45) is 5.92 Å². The molecule has 3 aliphatic rings. The van der Waals surface area contributed by atoms with Crippen molar-refractivity contribution in [2.45, 2.75) is 55.4 Å². The maximum atomic E-state index is 13.9. The highest BCUT2D eigenvalue weighted by Gasteiger charge is 2.55. The molecule has 1 saturated carbocycles. The number of rotatable bonds is 7. The largest absolute Gasteiger partial charge is 0.354 e. The van der Waals surface area contributed by atoms with Crippen LogP contribution in [-0.2, 0) is 19.6 Å². The number of carbonyl (C=O) groups is 2. The molecule has 3 fully saturated rings. The molecule has 38 heavy (non-hydrogen) atoms. The first-order valence-corrected chi connectivity index (χ1v) is 15.3. The number of nitrogens with zero attached hydrogens (tertiary/aromatic N) is 3. The number of hydrogen-bond donors (Lipinski definition) is 1. The lowest BCUT2D eigenvalue weighted by atomic mass is 9.86. The molecule has 0 radical (unpaired) electrons. The number of sulfonamides is 1. The van der Waals surface area contributed by atoms with E-state index >= 15 is 0 Å². The first kappa shape index (κ1) is 27.0. The molecule has 204 valence electrons. The second-order valence-corrected chi connectivity index (χ2v) is 13.0. The molecule has 2 saturated heterocycles. The van der Waals surface area contributed by atoms with Crippen LogP contribution in [0.5, 0.6) is 0 Å². The van der Waals surface area contributed by atoms with Gasteiger partial charge in [-0.1, -0.05) is 49.1 Å². The Morgan fingerprint density at radius 2 is 1.63 bits per heavy atom. The number of benzene rings is 2. The van der Waals surface area contributed by atoms with Gasteiger partial charge in [-0.2, -0.15) is 4.31 Å². The van der Waals surface area contributed by atoms with Gasteiger partial charge in [0.25, 0.3) is 0 Å². The lowest BCUT2D eigenvalue weighted by Gasteiger charge is -2.42. The summed E-state index contributed by atoms with van der Waals surface area (Å²) in [5, 5.41) is 3.52. The monoisotopic (exact) mass is 558 g/mol. The van der Waals surface area contributed by atoms with Crippen molar-refractivity contribution in [3.63, 3.8) is 0 Å². The molecule has 0 aromatic heterocycles. The fraction of sp³-hybridized carbons (Fsp3) is 0.500. The summed E-state index contributed by atoms with van der Waals surface area (Å²) in [6.07, 6.45) is 6.66. The molecule has 8 nitrogen and oxygen atoms in total. The van der Waals surface area contributed by atoms with Crippen molar-refractivity contribution in [1.82, 2.24) is 14.5 Å². The summed E-state index contributed by atoms with van der Waals surface area (Å²) in [5.74, 6) is 0.260. The van der Waals surface area contributed by atoms with Gasteiger partial charge in [-0.3, -0.25) is 9.59 Å². The van der Waals surface area contributed by atoms with Crippen LogP contribution in [0, 0.1) is 5.92 Å². The molecular weight excluding hydrogens is 524 g/mol. The lowest BCUT2D eigenvalue weighted by Crippen LogP contribution is -2.57. The Hall–Kier alpha value is -2.62. The molecule has 1 N–H and O–H groups in total. The third-order valence-electron chi connectivity index (χ3n) is 8.23. The predicted molar refractivity (Wildman–Crippen MR) is 147 cm³/mol. The Morgan fingerprint density at radius 3 is 2.29 bits per heavy atom. The molecule has 0 bridgehead atoms. The van der Waals surface area contributed by atoms with Gasteiger partial charge in [-0.25, -0.2) is 8.42 Å². The maximum absolute atomic E-state index is 13.9. The molecule has 2 aromatic rings. The summed E-state index contributed by atoms with van der Waals surface area (Å²) < 4.78 is 28.0. The molecule has 5 rings (SSSR count). The summed E-state index contributed by atoms with van der Waals surface area (Å²) in [6, 6.07) is 15.8. The van der Waals surface area contributed by atoms with Gasteiger partial charge >= 0.3 is 0 Å². The SMILES string of the molecule is O=C(CN1CN(c2ccccc2)C2(CCN(S(=O)(=O)c3ccc(Cl)cc3)CC2)C1=O)NCC1CCCCC1. The first-order valence-electron chi connectivity index (χ1n) is 13.4. The number of para-hydroxylation sites is 1. The van der Waals surface area contributed by atoms with Gasteiger partial charge in [0.1, 0.15) is 12.1 Å². The average molecular weight is 559 g/mol. The second-order valence-electron chi connectivity index (χ2n) is 10.6. The van der Waals surface area contributed by atoms with Crippen LogP contribution >= 0.6 is 11.6 Å². The molecule has 1 aliphatic carbocycles. The first-order chi connectivity index (χ1) is 18.3. The van der Waals surface area contributed by atoms with Crippen molar-refractivity contribution in [1.29, 1.82) is 0 Å². The van der Waals surface area contributed by atoms with Gasteiger partial charge in [-0.15, -0.1) is 0 Å². The molecule has 10 heteroatoms. The van der Waals surface area contributed by atoms with Gasteiger partial charge < -0.3 is 15.1 Å². The lowest BCUT2D eigenvalue weighted by molar-refractivity contribution is -0.137.